The third-order valence-corrected chi connectivity index (χ3v) is 4.21. The molecule has 1 N–H and O–H groups in total. The summed E-state index contributed by atoms with van der Waals surface area (Å²) in [6.45, 7) is 5.04. The van der Waals surface area contributed by atoms with Gasteiger partial charge in [0.2, 0.25) is 0 Å². The number of β-lactam (4-membered cyclic amide) rings is 1. The molecule has 2 unspecified atom stereocenters. The van der Waals surface area contributed by atoms with E-state index in [1.165, 1.54) is 17.4 Å². The summed E-state index contributed by atoms with van der Waals surface area (Å²) in [6.07, 6.45) is -0.661. The lowest BCUT2D eigenvalue weighted by Gasteiger charge is -2.50. The van der Waals surface area contributed by atoms with E-state index >= 15 is 0 Å². The molecule has 0 bridgehead atoms. The van der Waals surface area contributed by atoms with Crippen molar-refractivity contribution in [1.82, 2.24) is 4.90 Å². The van der Waals surface area contributed by atoms with Crippen molar-refractivity contribution in [2.75, 3.05) is 7.11 Å². The number of carboxylic acid groups (broad SMARTS) is 1. The van der Waals surface area contributed by atoms with Gasteiger partial charge in [0, 0.05) is 7.11 Å². The van der Waals surface area contributed by atoms with Gasteiger partial charge in [0.25, 0.3) is 5.91 Å². The van der Waals surface area contributed by atoms with Crippen molar-refractivity contribution in [2.24, 2.45) is 0 Å². The van der Waals surface area contributed by atoms with Gasteiger partial charge in [0.05, 0.1) is 5.57 Å². The van der Waals surface area contributed by atoms with Crippen LogP contribution in [0.5, 0.6) is 0 Å². The average molecular weight is 315 g/mol. The van der Waals surface area contributed by atoms with Crippen LogP contribution in [-0.2, 0) is 23.9 Å². The second-order valence-corrected chi connectivity index (χ2v) is 6.73. The van der Waals surface area contributed by atoms with E-state index in [9.17, 15) is 19.5 Å². The van der Waals surface area contributed by atoms with Crippen LogP contribution < -0.4 is 0 Å². The normalized spacial score (nSPS) is 28.4. The molecular weight excluding hydrogens is 298 g/mol. The van der Waals surface area contributed by atoms with Crippen LogP contribution in [0, 0.1) is 0 Å². The number of hydrogen-bond acceptors (Lipinski definition) is 6. The Hall–Kier alpha value is -1.54. The van der Waals surface area contributed by atoms with E-state index in [0.717, 1.165) is 11.8 Å². The Morgan fingerprint density at radius 2 is 2.00 bits per heavy atom. The van der Waals surface area contributed by atoms with Crippen LogP contribution in [0.4, 0.5) is 0 Å². The number of amides is 1. The fraction of sp³-hybridized carbons (Fsp3) is 0.615. The molecule has 0 aromatic carbocycles. The zero-order valence-electron chi connectivity index (χ0n) is 12.2. The minimum atomic E-state index is -1.24. The van der Waals surface area contributed by atoms with E-state index in [1.54, 1.807) is 20.8 Å². The van der Waals surface area contributed by atoms with E-state index in [1.807, 2.05) is 0 Å². The summed E-state index contributed by atoms with van der Waals surface area (Å²) in [7, 11) is 1.40. The predicted molar refractivity (Wildman–Crippen MR) is 74.4 cm³/mol. The largest absolute Gasteiger partial charge is 0.478 e. The molecule has 0 aromatic heterocycles. The highest BCUT2D eigenvalue weighted by Gasteiger charge is 2.57. The molecule has 1 fully saturated rings. The minimum absolute atomic E-state index is 0.159. The molecule has 3 atom stereocenters. The first-order chi connectivity index (χ1) is 9.67. The maximum absolute atomic E-state index is 12.3. The van der Waals surface area contributed by atoms with Gasteiger partial charge < -0.3 is 19.5 Å². The van der Waals surface area contributed by atoms with Crippen LogP contribution in [0.25, 0.3) is 0 Å². The van der Waals surface area contributed by atoms with E-state index in [4.69, 9.17) is 9.47 Å². The molecular formula is C13H17NO6S. The fourth-order valence-corrected chi connectivity index (χ4v) is 3.45. The Morgan fingerprint density at radius 3 is 2.48 bits per heavy atom. The van der Waals surface area contributed by atoms with Gasteiger partial charge in [-0.15, -0.1) is 11.8 Å². The number of rotatable bonds is 3. The van der Waals surface area contributed by atoms with Gasteiger partial charge >= 0.3 is 11.9 Å². The van der Waals surface area contributed by atoms with E-state index in [0.29, 0.717) is 0 Å². The number of carboxylic acids is 1. The van der Waals surface area contributed by atoms with Gasteiger partial charge in [0.1, 0.15) is 11.0 Å². The van der Waals surface area contributed by atoms with Gasteiger partial charge in [-0.2, -0.15) is 0 Å². The molecule has 0 radical (unpaired) electrons. The van der Waals surface area contributed by atoms with Crippen molar-refractivity contribution in [3.8, 4) is 0 Å². The van der Waals surface area contributed by atoms with Gasteiger partial charge in [-0.05, 0) is 26.2 Å². The number of ether oxygens (including phenoxy) is 2. The topological polar surface area (TPSA) is 93.1 Å². The number of esters is 1. The summed E-state index contributed by atoms with van der Waals surface area (Å²) < 4.78 is 10.3. The standard InChI is InChI=1S/C13H17NO6S/c1-13(2,3)20-12(18)7-6(11(16)17)5-21-10-8(19-4)9(15)14(7)10/h5,7-8,10H,1-4H3,(H,16,17)/t7?,8-,10?/m1/s1. The molecule has 0 aliphatic carbocycles. The average Bonchev–Trinajstić information content (AvgIpc) is 2.35. The monoisotopic (exact) mass is 315 g/mol. The molecule has 0 spiro atoms. The molecule has 2 aliphatic rings. The van der Waals surface area contributed by atoms with Crippen LogP contribution in [0.3, 0.4) is 0 Å². The molecule has 0 aromatic rings. The number of methoxy groups -OCH3 is 1. The number of thioether (sulfide) groups is 1. The van der Waals surface area contributed by atoms with Gasteiger partial charge in [-0.25, -0.2) is 9.59 Å². The summed E-state index contributed by atoms with van der Waals surface area (Å²) in [5.41, 5.74) is -0.927. The third-order valence-electron chi connectivity index (χ3n) is 3.07. The molecule has 8 heteroatoms. The van der Waals surface area contributed by atoms with Crippen LogP contribution in [-0.4, -0.2) is 58.1 Å². The van der Waals surface area contributed by atoms with Gasteiger partial charge in [0.15, 0.2) is 12.1 Å². The Balaban J connectivity index is 2.31. The first kappa shape index (κ1) is 15.8. The van der Waals surface area contributed by atoms with Crippen molar-refractivity contribution in [1.29, 1.82) is 0 Å². The number of aliphatic carboxylic acids is 1. The number of nitrogens with zero attached hydrogens (tertiary/aromatic N) is 1. The van der Waals surface area contributed by atoms with E-state index < -0.39 is 41.0 Å². The second kappa shape index (κ2) is 5.34. The highest BCUT2D eigenvalue weighted by atomic mass is 32.2. The number of carbonyl (C=O) groups excluding carboxylic acids is 2. The van der Waals surface area contributed by atoms with Crippen molar-refractivity contribution >= 4 is 29.6 Å². The van der Waals surface area contributed by atoms with Crippen molar-refractivity contribution < 1.29 is 29.0 Å². The number of hydrogen-bond donors (Lipinski definition) is 1. The molecule has 116 valence electrons. The Bertz CT molecular complexity index is 523. The molecule has 1 saturated heterocycles. The zero-order valence-corrected chi connectivity index (χ0v) is 13.0. The molecule has 2 rings (SSSR count). The maximum atomic E-state index is 12.3. The second-order valence-electron chi connectivity index (χ2n) is 5.74. The highest BCUT2D eigenvalue weighted by Crippen LogP contribution is 2.41. The van der Waals surface area contributed by atoms with Crippen LogP contribution in [0.1, 0.15) is 20.8 Å². The van der Waals surface area contributed by atoms with Crippen molar-refractivity contribution in [2.45, 2.75) is 43.9 Å². The van der Waals surface area contributed by atoms with Crippen molar-refractivity contribution in [3.05, 3.63) is 11.0 Å². The molecule has 21 heavy (non-hydrogen) atoms. The lowest BCUT2D eigenvalue weighted by atomic mass is 9.99. The summed E-state index contributed by atoms with van der Waals surface area (Å²) in [6, 6.07) is -1.23. The third kappa shape index (κ3) is 2.77. The Morgan fingerprint density at radius 1 is 1.38 bits per heavy atom. The predicted octanol–water partition coefficient (Wildman–Crippen LogP) is 0.595. The molecule has 1 amide bonds. The van der Waals surface area contributed by atoms with E-state index in [-0.39, 0.29) is 5.57 Å². The summed E-state index contributed by atoms with van der Waals surface area (Å²) in [5, 5.41) is 10.2. The number of fused-ring (bicyclic) bond motifs is 1. The van der Waals surface area contributed by atoms with Crippen LogP contribution in [0.15, 0.2) is 11.0 Å². The molecule has 2 aliphatic heterocycles. The van der Waals surface area contributed by atoms with Gasteiger partial charge in [-0.3, -0.25) is 4.79 Å². The summed E-state index contributed by atoms with van der Waals surface area (Å²) >= 11 is 1.15. The SMILES string of the molecule is CO[C@@H]1C(=O)N2C(C(=O)OC(C)(C)C)C(C(=O)O)=CSC12. The summed E-state index contributed by atoms with van der Waals surface area (Å²) in [4.78, 5) is 36.9. The first-order valence-electron chi connectivity index (χ1n) is 6.34. The lowest BCUT2D eigenvalue weighted by molar-refractivity contribution is -0.179. The smallest absolute Gasteiger partial charge is 0.334 e. The molecule has 2 heterocycles. The maximum Gasteiger partial charge on any atom is 0.334 e. The quantitative estimate of drug-likeness (QED) is 0.602. The highest BCUT2D eigenvalue weighted by molar-refractivity contribution is 8.03. The zero-order chi connectivity index (χ0) is 15.9. The molecule has 0 saturated carbocycles. The van der Waals surface area contributed by atoms with Gasteiger partial charge in [-0.1, -0.05) is 0 Å². The number of carbonyl (C=O) groups is 3. The first-order valence-corrected chi connectivity index (χ1v) is 7.28. The van der Waals surface area contributed by atoms with Crippen molar-refractivity contribution in [3.63, 3.8) is 0 Å². The Labute approximate surface area is 126 Å². The van der Waals surface area contributed by atoms with Crippen LogP contribution >= 0.6 is 11.8 Å². The van der Waals surface area contributed by atoms with E-state index in [2.05, 4.69) is 0 Å². The minimum Gasteiger partial charge on any atom is -0.478 e. The van der Waals surface area contributed by atoms with Crippen LogP contribution in [0.2, 0.25) is 0 Å². The Kier molecular flexibility index (Phi) is 4.03. The summed E-state index contributed by atoms with van der Waals surface area (Å²) in [5.74, 6) is -2.40. The lowest BCUT2D eigenvalue weighted by Crippen LogP contribution is -2.70. The molecule has 7 nitrogen and oxygen atoms in total. The fourth-order valence-electron chi connectivity index (χ4n) is 2.21.